The monoisotopic (exact) mass is 657 g/mol. The molecule has 0 saturated heterocycles. The predicted molar refractivity (Wildman–Crippen MR) is 212 cm³/mol. The molecule has 11 aromatic rings. The number of hydrogen-bond donors (Lipinski definition) is 0. The van der Waals surface area contributed by atoms with Crippen molar-refractivity contribution in [2.75, 3.05) is 4.90 Å². The number of rotatable bonds is 4. The first-order chi connectivity index (χ1) is 24.8. The molecule has 0 aliphatic rings. The van der Waals surface area contributed by atoms with Gasteiger partial charge in [-0.3, -0.25) is 0 Å². The Labute approximate surface area is 290 Å². The highest BCUT2D eigenvalue weighted by molar-refractivity contribution is 7.26. The first-order valence-electron chi connectivity index (χ1n) is 16.8. The Kier molecular flexibility index (Phi) is 5.83. The molecule has 3 aromatic heterocycles. The van der Waals surface area contributed by atoms with Crippen LogP contribution in [-0.4, -0.2) is 0 Å². The lowest BCUT2D eigenvalue weighted by molar-refractivity contribution is 0.669. The van der Waals surface area contributed by atoms with Crippen LogP contribution in [0.25, 0.3) is 85.9 Å². The van der Waals surface area contributed by atoms with E-state index in [2.05, 4.69) is 169 Å². The third kappa shape index (κ3) is 3.97. The fraction of sp³-hybridized carbons (Fsp3) is 0. The van der Waals surface area contributed by atoms with Gasteiger partial charge in [0.15, 0.2) is 5.58 Å². The molecule has 0 aliphatic carbocycles. The van der Waals surface area contributed by atoms with Crippen LogP contribution < -0.4 is 4.90 Å². The molecule has 234 valence electrons. The van der Waals surface area contributed by atoms with E-state index in [1.54, 1.807) is 0 Å². The maximum atomic E-state index is 6.94. The van der Waals surface area contributed by atoms with Crippen molar-refractivity contribution in [2.24, 2.45) is 0 Å². The van der Waals surface area contributed by atoms with E-state index < -0.39 is 0 Å². The van der Waals surface area contributed by atoms with E-state index in [9.17, 15) is 0 Å². The second-order valence-electron chi connectivity index (χ2n) is 12.8. The van der Waals surface area contributed by atoms with Crippen molar-refractivity contribution in [3.8, 4) is 11.1 Å². The predicted octanol–water partition coefficient (Wildman–Crippen LogP) is 14.1. The normalized spacial score (nSPS) is 12.0. The van der Waals surface area contributed by atoms with Crippen LogP contribution in [-0.2, 0) is 0 Å². The summed E-state index contributed by atoms with van der Waals surface area (Å²) >= 11 is 1.83. The van der Waals surface area contributed by atoms with E-state index >= 15 is 0 Å². The minimum Gasteiger partial charge on any atom is -0.456 e. The van der Waals surface area contributed by atoms with Crippen LogP contribution in [0.15, 0.2) is 173 Å². The van der Waals surface area contributed by atoms with Crippen LogP contribution in [0.4, 0.5) is 17.1 Å². The first-order valence-corrected chi connectivity index (χ1v) is 17.7. The molecule has 8 aromatic carbocycles. The second kappa shape index (κ2) is 10.6. The average Bonchev–Trinajstić information content (AvgIpc) is 3.87. The Morgan fingerprint density at radius 3 is 1.98 bits per heavy atom. The summed E-state index contributed by atoms with van der Waals surface area (Å²) < 4.78 is 16.1. The summed E-state index contributed by atoms with van der Waals surface area (Å²) in [6.45, 7) is 0. The van der Waals surface area contributed by atoms with E-state index in [4.69, 9.17) is 8.83 Å². The molecule has 0 radical (unpaired) electrons. The van der Waals surface area contributed by atoms with Crippen molar-refractivity contribution < 1.29 is 8.83 Å². The van der Waals surface area contributed by atoms with Crippen molar-refractivity contribution in [3.63, 3.8) is 0 Å². The van der Waals surface area contributed by atoms with Gasteiger partial charge in [0.25, 0.3) is 0 Å². The van der Waals surface area contributed by atoms with E-state index in [0.29, 0.717) is 0 Å². The van der Waals surface area contributed by atoms with Crippen LogP contribution in [0.2, 0.25) is 0 Å². The number of thiophene rings is 1. The lowest BCUT2D eigenvalue weighted by Gasteiger charge is -2.26. The molecule has 0 amide bonds. The van der Waals surface area contributed by atoms with Gasteiger partial charge in [-0.05, 0) is 71.1 Å². The summed E-state index contributed by atoms with van der Waals surface area (Å²) in [6, 6.07) is 58.1. The zero-order valence-corrected chi connectivity index (χ0v) is 27.6. The van der Waals surface area contributed by atoms with E-state index in [-0.39, 0.29) is 0 Å². The lowest BCUT2D eigenvalue weighted by atomic mass is 10.0. The zero-order valence-electron chi connectivity index (χ0n) is 26.8. The average molecular weight is 658 g/mol. The summed E-state index contributed by atoms with van der Waals surface area (Å²) in [6.07, 6.45) is 0. The Balaban J connectivity index is 1.23. The summed E-state index contributed by atoms with van der Waals surface area (Å²) in [4.78, 5) is 2.35. The molecule has 11 rings (SSSR count). The van der Waals surface area contributed by atoms with Gasteiger partial charge in [0.05, 0.1) is 16.8 Å². The summed E-state index contributed by atoms with van der Waals surface area (Å²) in [5, 5.41) is 9.23. The van der Waals surface area contributed by atoms with Gasteiger partial charge in [0.1, 0.15) is 16.7 Å². The largest absolute Gasteiger partial charge is 0.456 e. The summed E-state index contributed by atoms with van der Waals surface area (Å²) in [5.74, 6) is 0. The highest BCUT2D eigenvalue weighted by atomic mass is 32.1. The van der Waals surface area contributed by atoms with Gasteiger partial charge >= 0.3 is 0 Å². The minimum absolute atomic E-state index is 0.850. The third-order valence-electron chi connectivity index (χ3n) is 10.1. The quantitative estimate of drug-likeness (QED) is 0.189. The van der Waals surface area contributed by atoms with Crippen LogP contribution in [0.5, 0.6) is 0 Å². The van der Waals surface area contributed by atoms with Crippen LogP contribution in [0.3, 0.4) is 0 Å². The maximum Gasteiger partial charge on any atom is 0.159 e. The van der Waals surface area contributed by atoms with Crippen LogP contribution in [0.1, 0.15) is 0 Å². The molecule has 0 spiro atoms. The molecular weight excluding hydrogens is 631 g/mol. The first kappa shape index (κ1) is 27.6. The van der Waals surface area contributed by atoms with E-state index in [0.717, 1.165) is 71.7 Å². The molecule has 0 saturated carbocycles. The molecule has 0 aliphatic heterocycles. The Morgan fingerprint density at radius 2 is 1.08 bits per heavy atom. The van der Waals surface area contributed by atoms with Crippen molar-refractivity contribution in [2.45, 2.75) is 0 Å². The van der Waals surface area contributed by atoms with E-state index in [1.807, 2.05) is 11.3 Å². The van der Waals surface area contributed by atoms with Gasteiger partial charge < -0.3 is 13.7 Å². The molecule has 0 fully saturated rings. The number of hydrogen-bond acceptors (Lipinski definition) is 4. The maximum absolute atomic E-state index is 6.94. The lowest BCUT2D eigenvalue weighted by Crippen LogP contribution is -2.10. The SMILES string of the molecule is c1ccc(-c2ccc(N(c3cccc4c3oc3c5ccccc5ccc43)c3cccc4oc5ccc6c7ccccc7sc6c5c34)cc2)cc1. The van der Waals surface area contributed by atoms with Crippen molar-refractivity contribution in [1.29, 1.82) is 0 Å². The second-order valence-corrected chi connectivity index (χ2v) is 13.9. The molecule has 0 bridgehead atoms. The number of furan rings is 2. The van der Waals surface area contributed by atoms with Gasteiger partial charge in [-0.25, -0.2) is 0 Å². The number of fused-ring (bicyclic) bond motifs is 12. The van der Waals surface area contributed by atoms with Crippen LogP contribution >= 0.6 is 11.3 Å². The molecule has 0 unspecified atom stereocenters. The molecule has 4 heteroatoms. The van der Waals surface area contributed by atoms with Gasteiger partial charge in [-0.15, -0.1) is 11.3 Å². The van der Waals surface area contributed by atoms with Crippen molar-refractivity contribution in [3.05, 3.63) is 164 Å². The minimum atomic E-state index is 0.850. The fourth-order valence-corrected chi connectivity index (χ4v) is 9.03. The van der Waals surface area contributed by atoms with Gasteiger partial charge in [-0.2, -0.15) is 0 Å². The molecule has 3 nitrogen and oxygen atoms in total. The fourth-order valence-electron chi connectivity index (χ4n) is 7.78. The van der Waals surface area contributed by atoms with Crippen molar-refractivity contribution in [1.82, 2.24) is 0 Å². The van der Waals surface area contributed by atoms with Gasteiger partial charge in [-0.1, -0.05) is 109 Å². The smallest absolute Gasteiger partial charge is 0.159 e. The molecule has 0 N–H and O–H groups in total. The van der Waals surface area contributed by atoms with Gasteiger partial charge in [0, 0.05) is 47.4 Å². The Morgan fingerprint density at radius 1 is 0.400 bits per heavy atom. The van der Waals surface area contributed by atoms with Gasteiger partial charge in [0.2, 0.25) is 0 Å². The van der Waals surface area contributed by atoms with Crippen LogP contribution in [0, 0.1) is 0 Å². The molecular formula is C46H27NO2S. The highest BCUT2D eigenvalue weighted by Gasteiger charge is 2.25. The number of benzene rings is 8. The highest BCUT2D eigenvalue weighted by Crippen LogP contribution is 2.49. The molecule has 0 atom stereocenters. The molecule has 3 heterocycles. The molecule has 50 heavy (non-hydrogen) atoms. The standard InChI is InChI=1S/C46H27NO2S/c1-2-10-28(11-3-1)29-20-23-31(24-21-29)47(38-17-8-15-34-35-25-22-30-12-4-5-13-32(30)44(35)49-45(34)38)37-16-9-18-39-42(37)43-40(48-39)27-26-36-33-14-6-7-19-41(33)50-46(36)43/h1-27H. The van der Waals surface area contributed by atoms with E-state index in [1.165, 1.54) is 31.3 Å². The Bertz CT molecular complexity index is 3090. The number of anilines is 3. The third-order valence-corrected chi connectivity index (χ3v) is 11.3. The topological polar surface area (TPSA) is 29.5 Å². The van der Waals surface area contributed by atoms with Crippen molar-refractivity contribution >= 4 is 103 Å². The number of nitrogens with zero attached hydrogens (tertiary/aromatic N) is 1. The summed E-state index contributed by atoms with van der Waals surface area (Å²) in [7, 11) is 0. The number of para-hydroxylation sites is 1. The Hall–Kier alpha value is -6.36. The summed E-state index contributed by atoms with van der Waals surface area (Å²) in [5.41, 5.74) is 8.90. The zero-order chi connectivity index (χ0) is 32.8.